The van der Waals surface area contributed by atoms with Crippen molar-refractivity contribution in [2.24, 2.45) is 5.10 Å². The number of benzene rings is 2. The van der Waals surface area contributed by atoms with E-state index in [-0.39, 0.29) is 5.56 Å². The number of hydrazone groups is 1. The van der Waals surface area contributed by atoms with Crippen molar-refractivity contribution in [3.05, 3.63) is 64.7 Å². The first-order valence-electron chi connectivity index (χ1n) is 6.38. The molecule has 0 spiro atoms. The van der Waals surface area contributed by atoms with Crippen LogP contribution in [0.1, 0.15) is 11.1 Å². The summed E-state index contributed by atoms with van der Waals surface area (Å²) in [5.74, 6) is 0. The third kappa shape index (κ3) is 5.00. The Morgan fingerprint density at radius 3 is 2.57 bits per heavy atom. The van der Waals surface area contributed by atoms with Crippen LogP contribution in [0.3, 0.4) is 0 Å². The van der Waals surface area contributed by atoms with E-state index in [9.17, 15) is 18.0 Å². The van der Waals surface area contributed by atoms with Gasteiger partial charge in [0.25, 0.3) is 0 Å². The highest BCUT2D eigenvalue weighted by atomic mass is 35.5. The molecule has 0 aliphatic rings. The number of halogens is 4. The second kappa shape index (κ2) is 7.15. The highest BCUT2D eigenvalue weighted by molar-refractivity contribution is 6.30. The molecule has 0 saturated carbocycles. The minimum absolute atomic E-state index is 0.150. The Hall–Kier alpha value is -2.54. The zero-order chi connectivity index (χ0) is 16.9. The Bertz CT molecular complexity index is 732. The smallest absolute Gasteiger partial charge is 0.306 e. The summed E-state index contributed by atoms with van der Waals surface area (Å²) in [6.07, 6.45) is -3.56. The molecule has 4 nitrogen and oxygen atoms in total. The molecule has 0 fully saturated rings. The Morgan fingerprint density at radius 2 is 1.87 bits per heavy atom. The molecule has 0 bridgehead atoms. The lowest BCUT2D eigenvalue weighted by atomic mass is 10.1. The number of hydrogen-bond donors (Lipinski definition) is 2. The second-order valence-electron chi connectivity index (χ2n) is 4.42. The van der Waals surface area contributed by atoms with Crippen molar-refractivity contribution >= 4 is 29.5 Å². The number of nitrogens with zero attached hydrogens (tertiary/aromatic N) is 1. The van der Waals surface area contributed by atoms with Crippen LogP contribution in [-0.2, 0) is 6.18 Å². The molecule has 120 valence electrons. The molecule has 2 N–H and O–H groups in total. The van der Waals surface area contributed by atoms with Crippen LogP contribution in [0.15, 0.2) is 53.6 Å². The molecule has 23 heavy (non-hydrogen) atoms. The Labute approximate surface area is 135 Å². The van der Waals surface area contributed by atoms with Gasteiger partial charge in [-0.25, -0.2) is 10.2 Å². The first kappa shape index (κ1) is 16.8. The average Bonchev–Trinajstić information content (AvgIpc) is 2.46. The zero-order valence-corrected chi connectivity index (χ0v) is 12.3. The van der Waals surface area contributed by atoms with Crippen molar-refractivity contribution in [1.82, 2.24) is 5.43 Å². The summed E-state index contributed by atoms with van der Waals surface area (Å²) in [6.45, 7) is 0. The van der Waals surface area contributed by atoms with Gasteiger partial charge in [0.15, 0.2) is 0 Å². The summed E-state index contributed by atoms with van der Waals surface area (Å²) in [5, 5.41) is 6.39. The van der Waals surface area contributed by atoms with Crippen LogP contribution in [0, 0.1) is 0 Å². The van der Waals surface area contributed by atoms with E-state index >= 15 is 0 Å². The molecular formula is C15H11ClF3N3O. The SMILES string of the molecule is O=C(N/N=C\c1ccccc1C(F)(F)F)Nc1cccc(Cl)c1. The average molecular weight is 342 g/mol. The van der Waals surface area contributed by atoms with Gasteiger partial charge >= 0.3 is 12.2 Å². The number of alkyl halides is 3. The molecule has 2 aromatic carbocycles. The van der Waals surface area contributed by atoms with Gasteiger partial charge in [-0.1, -0.05) is 35.9 Å². The van der Waals surface area contributed by atoms with Gasteiger partial charge in [-0.3, -0.25) is 0 Å². The molecular weight excluding hydrogens is 331 g/mol. The van der Waals surface area contributed by atoms with Crippen molar-refractivity contribution in [2.45, 2.75) is 6.18 Å². The topological polar surface area (TPSA) is 53.5 Å². The number of hydrogen-bond acceptors (Lipinski definition) is 2. The summed E-state index contributed by atoms with van der Waals surface area (Å²) in [4.78, 5) is 11.6. The van der Waals surface area contributed by atoms with E-state index in [0.717, 1.165) is 12.3 Å². The van der Waals surface area contributed by atoms with Gasteiger partial charge in [0.1, 0.15) is 0 Å². The number of anilines is 1. The fourth-order valence-corrected chi connectivity index (χ4v) is 1.94. The molecule has 0 aliphatic carbocycles. The van der Waals surface area contributed by atoms with E-state index in [1.165, 1.54) is 24.3 Å². The fourth-order valence-electron chi connectivity index (χ4n) is 1.75. The van der Waals surface area contributed by atoms with E-state index in [4.69, 9.17) is 11.6 Å². The Balaban J connectivity index is 2.01. The van der Waals surface area contributed by atoms with Crippen LogP contribution < -0.4 is 10.7 Å². The molecule has 2 amide bonds. The van der Waals surface area contributed by atoms with E-state index in [1.54, 1.807) is 18.2 Å². The van der Waals surface area contributed by atoms with Crippen LogP contribution in [0.4, 0.5) is 23.7 Å². The standard InChI is InChI=1S/C15H11ClF3N3O/c16-11-5-3-6-12(8-11)21-14(23)22-20-9-10-4-1-2-7-13(10)15(17,18)19/h1-9H,(H2,21,22,23)/b20-9-. The summed E-state index contributed by atoms with van der Waals surface area (Å²) < 4.78 is 38.4. The lowest BCUT2D eigenvalue weighted by Crippen LogP contribution is -2.24. The van der Waals surface area contributed by atoms with Gasteiger partial charge in [0, 0.05) is 16.3 Å². The lowest BCUT2D eigenvalue weighted by Gasteiger charge is -2.09. The fraction of sp³-hybridized carbons (Fsp3) is 0.0667. The second-order valence-corrected chi connectivity index (χ2v) is 4.86. The van der Waals surface area contributed by atoms with Gasteiger partial charge in [0.2, 0.25) is 0 Å². The Morgan fingerprint density at radius 1 is 1.13 bits per heavy atom. The minimum Gasteiger partial charge on any atom is -0.306 e. The number of rotatable bonds is 3. The monoisotopic (exact) mass is 341 g/mol. The largest absolute Gasteiger partial charge is 0.417 e. The first-order valence-corrected chi connectivity index (χ1v) is 6.76. The van der Waals surface area contributed by atoms with Crippen LogP contribution in [0.5, 0.6) is 0 Å². The van der Waals surface area contributed by atoms with Crippen molar-refractivity contribution in [3.63, 3.8) is 0 Å². The summed E-state index contributed by atoms with van der Waals surface area (Å²) in [6, 6.07) is 10.6. The van der Waals surface area contributed by atoms with Crippen LogP contribution in [0.25, 0.3) is 0 Å². The predicted molar refractivity (Wildman–Crippen MR) is 82.6 cm³/mol. The quantitative estimate of drug-likeness (QED) is 0.626. The maximum absolute atomic E-state index is 12.8. The summed E-state index contributed by atoms with van der Waals surface area (Å²) in [5.41, 5.74) is 1.54. The molecule has 0 unspecified atom stereocenters. The van der Waals surface area contributed by atoms with Crippen LogP contribution in [0.2, 0.25) is 5.02 Å². The van der Waals surface area contributed by atoms with E-state index < -0.39 is 17.8 Å². The van der Waals surface area contributed by atoms with Crippen molar-refractivity contribution in [3.8, 4) is 0 Å². The molecule has 0 aliphatic heterocycles. The van der Waals surface area contributed by atoms with Crippen molar-refractivity contribution in [1.29, 1.82) is 0 Å². The third-order valence-corrected chi connectivity index (χ3v) is 2.95. The molecule has 2 aromatic rings. The number of carbonyl (C=O) groups excluding carboxylic acids is 1. The predicted octanol–water partition coefficient (Wildman–Crippen LogP) is 4.51. The molecule has 0 heterocycles. The maximum atomic E-state index is 12.8. The number of amides is 2. The number of carbonyl (C=O) groups is 1. The van der Waals surface area contributed by atoms with Crippen LogP contribution in [-0.4, -0.2) is 12.2 Å². The van der Waals surface area contributed by atoms with Gasteiger partial charge in [-0.15, -0.1) is 0 Å². The van der Waals surface area contributed by atoms with E-state index in [0.29, 0.717) is 10.7 Å². The van der Waals surface area contributed by atoms with Gasteiger partial charge < -0.3 is 5.32 Å². The van der Waals surface area contributed by atoms with Crippen molar-refractivity contribution < 1.29 is 18.0 Å². The normalized spacial score (nSPS) is 11.5. The van der Waals surface area contributed by atoms with E-state index in [1.807, 2.05) is 0 Å². The lowest BCUT2D eigenvalue weighted by molar-refractivity contribution is -0.137. The molecule has 0 atom stereocenters. The number of nitrogens with one attached hydrogen (secondary N) is 2. The van der Waals surface area contributed by atoms with Gasteiger partial charge in [-0.2, -0.15) is 18.3 Å². The minimum atomic E-state index is -4.49. The maximum Gasteiger partial charge on any atom is 0.417 e. The molecule has 0 saturated heterocycles. The Kier molecular flexibility index (Phi) is 5.23. The van der Waals surface area contributed by atoms with Gasteiger partial charge in [-0.05, 0) is 24.3 Å². The number of urea groups is 1. The molecule has 8 heteroatoms. The highest BCUT2D eigenvalue weighted by Crippen LogP contribution is 2.31. The summed E-state index contributed by atoms with van der Waals surface area (Å²) in [7, 11) is 0. The zero-order valence-electron chi connectivity index (χ0n) is 11.6. The van der Waals surface area contributed by atoms with Gasteiger partial charge in [0.05, 0.1) is 11.8 Å². The third-order valence-electron chi connectivity index (χ3n) is 2.72. The van der Waals surface area contributed by atoms with Crippen LogP contribution >= 0.6 is 11.6 Å². The van der Waals surface area contributed by atoms with E-state index in [2.05, 4.69) is 15.8 Å². The first-order chi connectivity index (χ1) is 10.9. The molecule has 0 radical (unpaired) electrons. The molecule has 0 aromatic heterocycles. The highest BCUT2D eigenvalue weighted by Gasteiger charge is 2.32. The molecule has 2 rings (SSSR count). The van der Waals surface area contributed by atoms with Crippen molar-refractivity contribution in [2.75, 3.05) is 5.32 Å². The summed E-state index contributed by atoms with van der Waals surface area (Å²) >= 11 is 5.76.